The number of benzene rings is 1. The van der Waals surface area contributed by atoms with Crippen LogP contribution in [0, 0.1) is 5.92 Å². The van der Waals surface area contributed by atoms with Crippen molar-refractivity contribution in [1.29, 1.82) is 0 Å². The van der Waals surface area contributed by atoms with Crippen LogP contribution >= 0.6 is 0 Å². The number of carbonyl (C=O) groups is 2. The van der Waals surface area contributed by atoms with Crippen molar-refractivity contribution in [2.45, 2.75) is 26.3 Å². The van der Waals surface area contributed by atoms with E-state index >= 15 is 0 Å². The number of carbonyl (C=O) groups excluding carboxylic acids is 2. The first-order chi connectivity index (χ1) is 10.0. The van der Waals surface area contributed by atoms with Gasteiger partial charge in [-0.05, 0) is 12.0 Å². The molecule has 0 aliphatic heterocycles. The molecule has 2 atom stereocenters. The van der Waals surface area contributed by atoms with Crippen LogP contribution in [0.15, 0.2) is 30.3 Å². The smallest absolute Gasteiger partial charge is 0.325 e. The lowest BCUT2D eigenvalue weighted by molar-refractivity contribution is -0.148. The first-order valence-electron chi connectivity index (χ1n) is 7.17. The molecule has 2 unspecified atom stereocenters. The number of nitrogens with zero attached hydrogens (tertiary/aromatic N) is 1. The second kappa shape index (κ2) is 8.42. The van der Waals surface area contributed by atoms with Crippen molar-refractivity contribution in [2.24, 2.45) is 11.7 Å². The van der Waals surface area contributed by atoms with Crippen LogP contribution < -0.4 is 5.73 Å². The molecule has 2 N–H and O–H groups in total. The van der Waals surface area contributed by atoms with Crippen molar-refractivity contribution >= 4 is 11.9 Å². The maximum atomic E-state index is 12.5. The topological polar surface area (TPSA) is 72.6 Å². The summed E-state index contributed by atoms with van der Waals surface area (Å²) in [5, 5.41) is 0. The fourth-order valence-electron chi connectivity index (χ4n) is 2.16. The van der Waals surface area contributed by atoms with Gasteiger partial charge in [0.25, 0.3) is 0 Å². The Morgan fingerprint density at radius 1 is 1.29 bits per heavy atom. The number of ether oxygens (including phenoxy) is 1. The number of amides is 1. The van der Waals surface area contributed by atoms with Gasteiger partial charge in [0, 0.05) is 12.6 Å². The largest absolute Gasteiger partial charge is 0.468 e. The molecule has 0 fully saturated rings. The molecule has 1 rings (SSSR count). The lowest BCUT2D eigenvalue weighted by Crippen LogP contribution is -2.42. The van der Waals surface area contributed by atoms with E-state index in [9.17, 15) is 9.59 Å². The SMILES string of the molecule is CCCN(CC(=O)OC)C(=O)C(C)C(N)c1ccccc1. The number of rotatable bonds is 7. The van der Waals surface area contributed by atoms with Crippen molar-refractivity contribution in [3.63, 3.8) is 0 Å². The highest BCUT2D eigenvalue weighted by Crippen LogP contribution is 2.21. The van der Waals surface area contributed by atoms with E-state index < -0.39 is 17.9 Å². The quantitative estimate of drug-likeness (QED) is 0.777. The summed E-state index contributed by atoms with van der Waals surface area (Å²) < 4.78 is 4.64. The van der Waals surface area contributed by atoms with E-state index in [2.05, 4.69) is 4.74 Å². The zero-order chi connectivity index (χ0) is 15.8. The number of methoxy groups -OCH3 is 1. The van der Waals surface area contributed by atoms with Crippen LogP contribution in [0.2, 0.25) is 0 Å². The van der Waals surface area contributed by atoms with Gasteiger partial charge >= 0.3 is 5.97 Å². The van der Waals surface area contributed by atoms with E-state index in [0.717, 1.165) is 12.0 Å². The predicted molar refractivity (Wildman–Crippen MR) is 81.4 cm³/mol. The molecule has 0 aliphatic carbocycles. The summed E-state index contributed by atoms with van der Waals surface area (Å²) in [5.74, 6) is -0.945. The summed E-state index contributed by atoms with van der Waals surface area (Å²) >= 11 is 0. The van der Waals surface area contributed by atoms with Crippen LogP contribution in [0.3, 0.4) is 0 Å². The number of hydrogen-bond donors (Lipinski definition) is 1. The number of hydrogen-bond acceptors (Lipinski definition) is 4. The highest BCUT2D eigenvalue weighted by molar-refractivity contribution is 5.84. The predicted octanol–water partition coefficient (Wildman–Crippen LogP) is 1.73. The first kappa shape index (κ1) is 17.2. The minimum atomic E-state index is -0.419. The Hall–Kier alpha value is -1.88. The average molecular weight is 292 g/mol. The fourth-order valence-corrected chi connectivity index (χ4v) is 2.16. The average Bonchev–Trinajstić information content (AvgIpc) is 2.52. The molecule has 0 saturated heterocycles. The fraction of sp³-hybridized carbons (Fsp3) is 0.500. The van der Waals surface area contributed by atoms with Crippen LogP contribution in [0.25, 0.3) is 0 Å². The normalized spacial score (nSPS) is 13.3. The summed E-state index contributed by atoms with van der Waals surface area (Å²) in [7, 11) is 1.32. The molecule has 0 saturated carbocycles. The molecule has 0 spiro atoms. The molecule has 5 nitrogen and oxygen atoms in total. The maximum Gasteiger partial charge on any atom is 0.325 e. The van der Waals surface area contributed by atoms with Crippen LogP contribution in [0.5, 0.6) is 0 Å². The van der Waals surface area contributed by atoms with Gasteiger partial charge in [0.05, 0.1) is 13.0 Å². The monoisotopic (exact) mass is 292 g/mol. The zero-order valence-corrected chi connectivity index (χ0v) is 12.9. The molecule has 1 aromatic rings. The molecule has 21 heavy (non-hydrogen) atoms. The standard InChI is InChI=1S/C16H24N2O3/c1-4-10-18(11-14(19)21-3)16(20)12(2)15(17)13-8-6-5-7-9-13/h5-9,12,15H,4,10-11,17H2,1-3H3. The molecule has 116 valence electrons. The van der Waals surface area contributed by atoms with Gasteiger partial charge in [-0.25, -0.2) is 0 Å². The summed E-state index contributed by atoms with van der Waals surface area (Å²) in [6, 6.07) is 9.10. The Labute approximate surface area is 126 Å². The highest BCUT2D eigenvalue weighted by Gasteiger charge is 2.27. The molecule has 0 radical (unpaired) electrons. The second-order valence-electron chi connectivity index (χ2n) is 5.06. The molecule has 1 amide bonds. The summed E-state index contributed by atoms with van der Waals surface area (Å²) in [6.07, 6.45) is 0.774. The molecule has 1 aromatic carbocycles. The molecule has 0 bridgehead atoms. The Morgan fingerprint density at radius 2 is 1.90 bits per heavy atom. The lowest BCUT2D eigenvalue weighted by Gasteiger charge is -2.27. The van der Waals surface area contributed by atoms with Gasteiger partial charge in [0.1, 0.15) is 6.54 Å². The van der Waals surface area contributed by atoms with Crippen molar-refractivity contribution in [3.05, 3.63) is 35.9 Å². The van der Waals surface area contributed by atoms with E-state index in [1.54, 1.807) is 6.92 Å². The summed E-state index contributed by atoms with van der Waals surface area (Å²) in [6.45, 7) is 4.23. The first-order valence-corrected chi connectivity index (χ1v) is 7.17. The Bertz CT molecular complexity index is 462. The van der Waals surface area contributed by atoms with E-state index in [1.807, 2.05) is 37.3 Å². The molecule has 5 heteroatoms. The van der Waals surface area contributed by atoms with E-state index in [-0.39, 0.29) is 12.5 Å². The van der Waals surface area contributed by atoms with E-state index in [0.29, 0.717) is 6.54 Å². The van der Waals surface area contributed by atoms with Gasteiger partial charge in [-0.3, -0.25) is 9.59 Å². The second-order valence-corrected chi connectivity index (χ2v) is 5.06. The van der Waals surface area contributed by atoms with E-state index in [1.165, 1.54) is 12.0 Å². The Kier molecular flexibility index (Phi) is 6.88. The van der Waals surface area contributed by atoms with Crippen LogP contribution in [0.4, 0.5) is 0 Å². The molecule has 0 heterocycles. The van der Waals surface area contributed by atoms with Crippen LogP contribution in [-0.4, -0.2) is 37.0 Å². The Balaban J connectivity index is 2.79. The molecular formula is C16H24N2O3. The zero-order valence-electron chi connectivity index (χ0n) is 12.9. The summed E-state index contributed by atoms with van der Waals surface area (Å²) in [5.41, 5.74) is 7.08. The van der Waals surface area contributed by atoms with Gasteiger partial charge in [-0.1, -0.05) is 44.2 Å². The third kappa shape index (κ3) is 4.86. The minimum Gasteiger partial charge on any atom is -0.468 e. The van der Waals surface area contributed by atoms with Crippen LogP contribution in [0.1, 0.15) is 31.9 Å². The maximum absolute atomic E-state index is 12.5. The van der Waals surface area contributed by atoms with E-state index in [4.69, 9.17) is 5.73 Å². The highest BCUT2D eigenvalue weighted by atomic mass is 16.5. The van der Waals surface area contributed by atoms with Gasteiger partial charge in [0.2, 0.25) is 5.91 Å². The third-order valence-corrected chi connectivity index (χ3v) is 3.47. The minimum absolute atomic E-state index is 0.0327. The summed E-state index contributed by atoms with van der Waals surface area (Å²) in [4.78, 5) is 25.5. The Morgan fingerprint density at radius 3 is 2.43 bits per heavy atom. The van der Waals surface area contributed by atoms with Gasteiger partial charge in [-0.15, -0.1) is 0 Å². The van der Waals surface area contributed by atoms with Crippen molar-refractivity contribution in [3.8, 4) is 0 Å². The lowest BCUT2D eigenvalue weighted by atomic mass is 9.94. The van der Waals surface area contributed by atoms with Crippen LogP contribution in [-0.2, 0) is 14.3 Å². The van der Waals surface area contributed by atoms with Gasteiger partial charge in [0.15, 0.2) is 0 Å². The molecule has 0 aliphatic rings. The number of esters is 1. The van der Waals surface area contributed by atoms with Crippen molar-refractivity contribution in [1.82, 2.24) is 4.90 Å². The third-order valence-electron chi connectivity index (χ3n) is 3.47. The molecule has 0 aromatic heterocycles. The molecular weight excluding hydrogens is 268 g/mol. The van der Waals surface area contributed by atoms with Crippen molar-refractivity contribution in [2.75, 3.05) is 20.2 Å². The van der Waals surface area contributed by atoms with Gasteiger partial charge < -0.3 is 15.4 Å². The number of nitrogens with two attached hydrogens (primary N) is 1. The van der Waals surface area contributed by atoms with Gasteiger partial charge in [-0.2, -0.15) is 0 Å². The van der Waals surface area contributed by atoms with Crippen molar-refractivity contribution < 1.29 is 14.3 Å².